The molecule has 1 aromatic rings. The molecule has 0 saturated carbocycles. The van der Waals surface area contributed by atoms with Crippen molar-refractivity contribution in [2.45, 2.75) is 12.8 Å². The van der Waals surface area contributed by atoms with E-state index >= 15 is 0 Å². The first-order valence-electron chi connectivity index (χ1n) is 5.28. The quantitative estimate of drug-likeness (QED) is 0.880. The van der Waals surface area contributed by atoms with Crippen molar-refractivity contribution < 1.29 is 4.79 Å². The lowest BCUT2D eigenvalue weighted by molar-refractivity contribution is -0.124. The maximum atomic E-state index is 11.6. The second kappa shape index (κ2) is 5.01. The summed E-state index contributed by atoms with van der Waals surface area (Å²) in [5.74, 6) is 0.189. The molecule has 1 amide bonds. The number of thiazole rings is 1. The number of nitrogens with zero attached hydrogens (tertiary/aromatic N) is 2. The maximum absolute atomic E-state index is 11.6. The van der Waals surface area contributed by atoms with Gasteiger partial charge in [0.1, 0.15) is 5.15 Å². The van der Waals surface area contributed by atoms with Crippen LogP contribution in [0.25, 0.3) is 0 Å². The molecule has 1 fully saturated rings. The van der Waals surface area contributed by atoms with Crippen LogP contribution in [0.2, 0.25) is 5.15 Å². The Morgan fingerprint density at radius 3 is 3.19 bits per heavy atom. The number of hydrogen-bond donors (Lipinski definition) is 1. The Labute approximate surface area is 104 Å². The van der Waals surface area contributed by atoms with Crippen LogP contribution in [0.1, 0.15) is 12.8 Å². The lowest BCUT2D eigenvalue weighted by Crippen LogP contribution is -2.42. The molecule has 88 valence electrons. The van der Waals surface area contributed by atoms with Crippen LogP contribution in [-0.4, -0.2) is 31.0 Å². The molecule has 2 rings (SSSR count). The van der Waals surface area contributed by atoms with Crippen LogP contribution in [0.3, 0.4) is 0 Å². The maximum Gasteiger partial charge on any atom is 0.224 e. The van der Waals surface area contributed by atoms with Crippen LogP contribution in [-0.2, 0) is 4.79 Å². The summed E-state index contributed by atoms with van der Waals surface area (Å²) in [5, 5.41) is 5.97. The van der Waals surface area contributed by atoms with Crippen molar-refractivity contribution in [3.05, 3.63) is 10.5 Å². The van der Waals surface area contributed by atoms with Gasteiger partial charge in [-0.3, -0.25) is 4.79 Å². The molecule has 0 bridgehead atoms. The Morgan fingerprint density at radius 1 is 1.75 bits per heavy atom. The van der Waals surface area contributed by atoms with Gasteiger partial charge in [-0.15, -0.1) is 11.3 Å². The zero-order valence-corrected chi connectivity index (χ0v) is 10.6. The Kier molecular flexibility index (Phi) is 3.66. The molecule has 1 unspecified atom stereocenters. The van der Waals surface area contributed by atoms with Gasteiger partial charge in [0, 0.05) is 25.5 Å². The molecule has 1 aliphatic heterocycles. The van der Waals surface area contributed by atoms with Gasteiger partial charge in [0.05, 0.1) is 5.92 Å². The molecular formula is C10H14ClN3OS. The van der Waals surface area contributed by atoms with Crippen molar-refractivity contribution in [2.24, 2.45) is 5.92 Å². The van der Waals surface area contributed by atoms with Gasteiger partial charge in [-0.2, -0.15) is 0 Å². The lowest BCUT2D eigenvalue weighted by Gasteiger charge is -2.31. The number of nitrogens with one attached hydrogen (secondary N) is 1. The third-order valence-electron chi connectivity index (χ3n) is 2.77. The fourth-order valence-electron chi connectivity index (χ4n) is 1.96. The smallest absolute Gasteiger partial charge is 0.224 e. The van der Waals surface area contributed by atoms with Crippen LogP contribution in [0.5, 0.6) is 0 Å². The minimum atomic E-state index is 0.0708. The highest BCUT2D eigenvalue weighted by Gasteiger charge is 2.26. The van der Waals surface area contributed by atoms with Crippen LogP contribution in [0, 0.1) is 5.92 Å². The minimum absolute atomic E-state index is 0.0708. The number of piperidine rings is 1. The summed E-state index contributed by atoms with van der Waals surface area (Å²) in [6.07, 6.45) is 1.98. The zero-order valence-electron chi connectivity index (χ0n) is 9.07. The lowest BCUT2D eigenvalue weighted by atomic mass is 9.98. The number of carbonyl (C=O) groups excluding carboxylic acids is 1. The minimum Gasteiger partial charge on any atom is -0.359 e. The van der Waals surface area contributed by atoms with Gasteiger partial charge in [0.15, 0.2) is 5.13 Å². The van der Waals surface area contributed by atoms with Crippen LogP contribution in [0.4, 0.5) is 5.13 Å². The van der Waals surface area contributed by atoms with Crippen molar-refractivity contribution in [3.8, 4) is 0 Å². The number of amides is 1. The molecular weight excluding hydrogens is 246 g/mol. The average molecular weight is 260 g/mol. The fraction of sp³-hybridized carbons (Fsp3) is 0.600. The Hall–Kier alpha value is -0.810. The summed E-state index contributed by atoms with van der Waals surface area (Å²) in [4.78, 5) is 17.9. The SMILES string of the molecule is CNC(=O)C1CCCN(c2nc(Cl)cs2)C1. The van der Waals surface area contributed by atoms with E-state index in [1.165, 1.54) is 11.3 Å². The second-order valence-electron chi connectivity index (χ2n) is 3.85. The molecule has 1 aromatic heterocycles. The first kappa shape index (κ1) is 11.7. The molecule has 1 saturated heterocycles. The van der Waals surface area contributed by atoms with E-state index < -0.39 is 0 Å². The highest BCUT2D eigenvalue weighted by Crippen LogP contribution is 2.27. The predicted octanol–water partition coefficient (Wildman–Crippen LogP) is 1.76. The highest BCUT2D eigenvalue weighted by atomic mass is 35.5. The van der Waals surface area contributed by atoms with Gasteiger partial charge in [0.2, 0.25) is 5.91 Å². The van der Waals surface area contributed by atoms with Crippen LogP contribution < -0.4 is 10.2 Å². The Morgan fingerprint density at radius 2 is 2.56 bits per heavy atom. The topological polar surface area (TPSA) is 45.2 Å². The second-order valence-corrected chi connectivity index (χ2v) is 5.08. The molecule has 0 aliphatic carbocycles. The van der Waals surface area contributed by atoms with E-state index in [-0.39, 0.29) is 11.8 Å². The van der Waals surface area contributed by atoms with Gasteiger partial charge in [-0.05, 0) is 12.8 Å². The van der Waals surface area contributed by atoms with Crippen LogP contribution in [0.15, 0.2) is 5.38 Å². The first-order valence-corrected chi connectivity index (χ1v) is 6.54. The average Bonchev–Trinajstić information content (AvgIpc) is 2.75. The van der Waals surface area contributed by atoms with Crippen molar-refractivity contribution in [2.75, 3.05) is 25.0 Å². The van der Waals surface area contributed by atoms with Gasteiger partial charge < -0.3 is 10.2 Å². The van der Waals surface area contributed by atoms with E-state index in [1.807, 2.05) is 5.38 Å². The number of anilines is 1. The first-order chi connectivity index (χ1) is 7.70. The molecule has 2 heterocycles. The monoisotopic (exact) mass is 259 g/mol. The van der Waals surface area contributed by atoms with Gasteiger partial charge in [-0.1, -0.05) is 11.6 Å². The molecule has 6 heteroatoms. The van der Waals surface area contributed by atoms with E-state index in [9.17, 15) is 4.79 Å². The largest absolute Gasteiger partial charge is 0.359 e. The van der Waals surface area contributed by atoms with Crippen molar-refractivity contribution in [1.29, 1.82) is 0 Å². The summed E-state index contributed by atoms with van der Waals surface area (Å²) in [5.41, 5.74) is 0. The summed E-state index contributed by atoms with van der Waals surface area (Å²) in [6, 6.07) is 0. The third-order valence-corrected chi connectivity index (χ3v) is 4.00. The summed E-state index contributed by atoms with van der Waals surface area (Å²) in [6.45, 7) is 1.70. The number of rotatable bonds is 2. The van der Waals surface area contributed by atoms with E-state index in [4.69, 9.17) is 11.6 Å². The summed E-state index contributed by atoms with van der Waals surface area (Å²) >= 11 is 7.33. The van der Waals surface area contributed by atoms with Gasteiger partial charge in [-0.25, -0.2) is 4.98 Å². The fourth-order valence-corrected chi connectivity index (χ4v) is 2.94. The Balaban J connectivity index is 2.04. The molecule has 1 aliphatic rings. The van der Waals surface area contributed by atoms with Crippen molar-refractivity contribution in [1.82, 2.24) is 10.3 Å². The summed E-state index contributed by atoms with van der Waals surface area (Å²) < 4.78 is 0. The summed E-state index contributed by atoms with van der Waals surface area (Å²) in [7, 11) is 1.68. The molecule has 0 aromatic carbocycles. The number of halogens is 1. The predicted molar refractivity (Wildman–Crippen MR) is 66.1 cm³/mol. The molecule has 4 nitrogen and oxygen atoms in total. The van der Waals surface area contributed by atoms with Crippen LogP contribution >= 0.6 is 22.9 Å². The zero-order chi connectivity index (χ0) is 11.5. The standard InChI is InChI=1S/C10H14ClN3OS/c1-12-9(15)7-3-2-4-14(5-7)10-13-8(11)6-16-10/h6-7H,2-5H2,1H3,(H,12,15). The van der Waals surface area contributed by atoms with Gasteiger partial charge >= 0.3 is 0 Å². The third kappa shape index (κ3) is 2.47. The molecule has 1 atom stereocenters. The molecule has 16 heavy (non-hydrogen) atoms. The molecule has 0 spiro atoms. The van der Waals surface area contributed by atoms with E-state index in [0.717, 1.165) is 31.1 Å². The molecule has 1 N–H and O–H groups in total. The van der Waals surface area contributed by atoms with E-state index in [1.54, 1.807) is 7.05 Å². The van der Waals surface area contributed by atoms with Crippen molar-refractivity contribution in [3.63, 3.8) is 0 Å². The van der Waals surface area contributed by atoms with E-state index in [2.05, 4.69) is 15.2 Å². The Bertz CT molecular complexity index is 382. The highest BCUT2D eigenvalue weighted by molar-refractivity contribution is 7.14. The van der Waals surface area contributed by atoms with Crippen molar-refractivity contribution >= 4 is 34.0 Å². The van der Waals surface area contributed by atoms with Gasteiger partial charge in [0.25, 0.3) is 0 Å². The van der Waals surface area contributed by atoms with E-state index in [0.29, 0.717) is 5.15 Å². The number of hydrogen-bond acceptors (Lipinski definition) is 4. The number of aromatic nitrogens is 1. The number of carbonyl (C=O) groups is 1. The normalized spacial score (nSPS) is 20.9. The molecule has 0 radical (unpaired) electrons.